The van der Waals surface area contributed by atoms with Crippen LogP contribution in [0.15, 0.2) is 0 Å². The molecule has 3 unspecified atom stereocenters. The summed E-state index contributed by atoms with van der Waals surface area (Å²) >= 11 is 0. The standard InChI is InChI=1S/C11H18N2O6/c14-3-7-4-18-2-1-13(7)11(17)12-9-6-19-5-8(9)10(15)16/h7-9,14H,1-6H2,(H,12,17)(H,15,16). The summed E-state index contributed by atoms with van der Waals surface area (Å²) in [5.74, 6) is -1.71. The normalized spacial score (nSPS) is 31.2. The quantitative estimate of drug-likeness (QED) is 0.577. The fourth-order valence-electron chi connectivity index (χ4n) is 2.25. The number of nitrogens with one attached hydrogen (secondary N) is 1. The predicted octanol–water partition coefficient (Wildman–Crippen LogP) is -1.51. The van der Waals surface area contributed by atoms with Gasteiger partial charge in [-0.15, -0.1) is 0 Å². The summed E-state index contributed by atoms with van der Waals surface area (Å²) in [5.41, 5.74) is 0. The van der Waals surface area contributed by atoms with Gasteiger partial charge in [0.05, 0.1) is 45.1 Å². The lowest BCUT2D eigenvalue weighted by atomic mass is 10.0. The van der Waals surface area contributed by atoms with Crippen LogP contribution in [0.1, 0.15) is 0 Å². The van der Waals surface area contributed by atoms with E-state index < -0.39 is 17.9 Å². The summed E-state index contributed by atoms with van der Waals surface area (Å²) in [4.78, 5) is 24.5. The second-order valence-corrected chi connectivity index (χ2v) is 4.64. The maximum atomic E-state index is 12.1. The molecular weight excluding hydrogens is 256 g/mol. The van der Waals surface area contributed by atoms with Crippen LogP contribution in [0, 0.1) is 5.92 Å². The van der Waals surface area contributed by atoms with E-state index >= 15 is 0 Å². The number of carboxylic acids is 1. The Hall–Kier alpha value is -1.38. The largest absolute Gasteiger partial charge is 0.481 e. The van der Waals surface area contributed by atoms with Crippen LogP contribution in [0.4, 0.5) is 4.79 Å². The number of carbonyl (C=O) groups excluding carboxylic acids is 1. The molecule has 2 saturated heterocycles. The molecule has 108 valence electrons. The van der Waals surface area contributed by atoms with Crippen molar-refractivity contribution in [2.75, 3.05) is 39.6 Å². The Balaban J connectivity index is 1.94. The smallest absolute Gasteiger partial charge is 0.318 e. The first-order valence-corrected chi connectivity index (χ1v) is 6.19. The molecule has 2 heterocycles. The number of carboxylic acid groups (broad SMARTS) is 1. The Bertz CT molecular complexity index is 350. The fourth-order valence-corrected chi connectivity index (χ4v) is 2.25. The van der Waals surface area contributed by atoms with E-state index in [9.17, 15) is 14.7 Å². The zero-order chi connectivity index (χ0) is 13.8. The molecule has 8 nitrogen and oxygen atoms in total. The van der Waals surface area contributed by atoms with Gasteiger partial charge in [-0.1, -0.05) is 0 Å². The van der Waals surface area contributed by atoms with Gasteiger partial charge in [0.1, 0.15) is 5.92 Å². The number of aliphatic hydroxyl groups is 1. The molecule has 0 aliphatic carbocycles. The second kappa shape index (κ2) is 6.18. The van der Waals surface area contributed by atoms with Gasteiger partial charge >= 0.3 is 12.0 Å². The van der Waals surface area contributed by atoms with Crippen LogP contribution in [-0.2, 0) is 14.3 Å². The molecule has 2 rings (SSSR count). The first-order valence-electron chi connectivity index (χ1n) is 6.19. The molecule has 0 spiro atoms. The second-order valence-electron chi connectivity index (χ2n) is 4.64. The van der Waals surface area contributed by atoms with Crippen LogP contribution in [0.5, 0.6) is 0 Å². The molecule has 0 aromatic rings. The summed E-state index contributed by atoms with van der Waals surface area (Å²) in [6, 6.07) is -1.31. The number of morpholine rings is 1. The molecular formula is C11H18N2O6. The molecule has 19 heavy (non-hydrogen) atoms. The Morgan fingerprint density at radius 2 is 2.05 bits per heavy atom. The van der Waals surface area contributed by atoms with E-state index in [-0.39, 0.29) is 38.5 Å². The van der Waals surface area contributed by atoms with Gasteiger partial charge < -0.3 is 29.9 Å². The number of aliphatic carboxylic acids is 1. The molecule has 0 radical (unpaired) electrons. The Kier molecular flexibility index (Phi) is 4.56. The van der Waals surface area contributed by atoms with Crippen LogP contribution >= 0.6 is 0 Å². The highest BCUT2D eigenvalue weighted by atomic mass is 16.5. The lowest BCUT2D eigenvalue weighted by molar-refractivity contribution is -0.142. The van der Waals surface area contributed by atoms with E-state index in [4.69, 9.17) is 14.6 Å². The van der Waals surface area contributed by atoms with Crippen LogP contribution in [-0.4, -0.2) is 78.8 Å². The average Bonchev–Trinajstić information content (AvgIpc) is 2.87. The van der Waals surface area contributed by atoms with Crippen molar-refractivity contribution in [1.29, 1.82) is 0 Å². The fraction of sp³-hybridized carbons (Fsp3) is 0.818. The minimum Gasteiger partial charge on any atom is -0.481 e. The van der Waals surface area contributed by atoms with Gasteiger partial charge in [-0.2, -0.15) is 0 Å². The van der Waals surface area contributed by atoms with Crippen molar-refractivity contribution in [3.63, 3.8) is 0 Å². The third-order valence-corrected chi connectivity index (χ3v) is 3.41. The molecule has 0 saturated carbocycles. The van der Waals surface area contributed by atoms with Crippen molar-refractivity contribution in [2.45, 2.75) is 12.1 Å². The van der Waals surface area contributed by atoms with Crippen LogP contribution in [0.3, 0.4) is 0 Å². The van der Waals surface area contributed by atoms with Crippen LogP contribution in [0.25, 0.3) is 0 Å². The van der Waals surface area contributed by atoms with Crippen LogP contribution in [0.2, 0.25) is 0 Å². The van der Waals surface area contributed by atoms with Crippen molar-refractivity contribution in [2.24, 2.45) is 5.92 Å². The van der Waals surface area contributed by atoms with E-state index in [1.165, 1.54) is 4.90 Å². The number of ether oxygens (including phenoxy) is 2. The van der Waals surface area contributed by atoms with Gasteiger partial charge in [0.25, 0.3) is 0 Å². The van der Waals surface area contributed by atoms with Crippen molar-refractivity contribution in [1.82, 2.24) is 10.2 Å². The van der Waals surface area contributed by atoms with Crippen molar-refractivity contribution >= 4 is 12.0 Å². The highest BCUT2D eigenvalue weighted by Gasteiger charge is 2.37. The molecule has 0 aromatic heterocycles. The molecule has 3 atom stereocenters. The SMILES string of the molecule is O=C(O)C1COCC1NC(=O)N1CCOCC1CO. The topological polar surface area (TPSA) is 108 Å². The first-order chi connectivity index (χ1) is 9.13. The number of rotatable bonds is 3. The summed E-state index contributed by atoms with van der Waals surface area (Å²) in [6.07, 6.45) is 0. The molecule has 0 bridgehead atoms. The summed E-state index contributed by atoms with van der Waals surface area (Å²) in [5, 5.41) is 20.8. The summed E-state index contributed by atoms with van der Waals surface area (Å²) in [6.45, 7) is 1.18. The Morgan fingerprint density at radius 1 is 1.26 bits per heavy atom. The number of nitrogens with zero attached hydrogens (tertiary/aromatic N) is 1. The van der Waals surface area contributed by atoms with E-state index in [2.05, 4.69) is 5.32 Å². The van der Waals surface area contributed by atoms with Gasteiger partial charge in [0, 0.05) is 6.54 Å². The van der Waals surface area contributed by atoms with E-state index in [1.807, 2.05) is 0 Å². The summed E-state index contributed by atoms with van der Waals surface area (Å²) in [7, 11) is 0. The Labute approximate surface area is 110 Å². The minimum absolute atomic E-state index is 0.104. The van der Waals surface area contributed by atoms with E-state index in [0.717, 1.165) is 0 Å². The molecule has 2 aliphatic heterocycles. The number of hydrogen-bond donors (Lipinski definition) is 3. The zero-order valence-corrected chi connectivity index (χ0v) is 10.4. The van der Waals surface area contributed by atoms with Crippen molar-refractivity contribution in [3.05, 3.63) is 0 Å². The highest BCUT2D eigenvalue weighted by molar-refractivity contribution is 5.77. The van der Waals surface area contributed by atoms with Gasteiger partial charge in [-0.25, -0.2) is 4.79 Å². The van der Waals surface area contributed by atoms with E-state index in [0.29, 0.717) is 13.2 Å². The third-order valence-electron chi connectivity index (χ3n) is 3.41. The molecule has 3 N–H and O–H groups in total. The molecule has 2 fully saturated rings. The number of hydrogen-bond acceptors (Lipinski definition) is 5. The van der Waals surface area contributed by atoms with E-state index in [1.54, 1.807) is 0 Å². The van der Waals surface area contributed by atoms with Gasteiger partial charge in [0.2, 0.25) is 0 Å². The maximum absolute atomic E-state index is 12.1. The number of amides is 2. The van der Waals surface area contributed by atoms with Gasteiger partial charge in [-0.3, -0.25) is 4.79 Å². The summed E-state index contributed by atoms with van der Waals surface area (Å²) < 4.78 is 10.3. The average molecular weight is 274 g/mol. The molecule has 2 aliphatic rings. The number of urea groups is 1. The first kappa shape index (κ1) is 14.0. The molecule has 8 heteroatoms. The monoisotopic (exact) mass is 274 g/mol. The highest BCUT2D eigenvalue weighted by Crippen LogP contribution is 2.15. The van der Waals surface area contributed by atoms with Crippen molar-refractivity contribution in [3.8, 4) is 0 Å². The molecule has 2 amide bonds. The predicted molar refractivity (Wildman–Crippen MR) is 62.7 cm³/mol. The van der Waals surface area contributed by atoms with Crippen molar-refractivity contribution < 1.29 is 29.3 Å². The number of aliphatic hydroxyl groups excluding tert-OH is 1. The number of carbonyl (C=O) groups is 2. The lowest BCUT2D eigenvalue weighted by Crippen LogP contribution is -2.56. The van der Waals surface area contributed by atoms with Crippen LogP contribution < -0.4 is 5.32 Å². The molecule has 0 aromatic carbocycles. The minimum atomic E-state index is -0.983. The Morgan fingerprint density at radius 3 is 2.74 bits per heavy atom. The third kappa shape index (κ3) is 3.14. The van der Waals surface area contributed by atoms with Gasteiger partial charge in [-0.05, 0) is 0 Å². The van der Waals surface area contributed by atoms with Gasteiger partial charge in [0.15, 0.2) is 0 Å². The lowest BCUT2D eigenvalue weighted by Gasteiger charge is -2.35. The maximum Gasteiger partial charge on any atom is 0.318 e. The zero-order valence-electron chi connectivity index (χ0n) is 10.4.